The summed E-state index contributed by atoms with van der Waals surface area (Å²) in [4.78, 5) is 26.4. The predicted octanol–water partition coefficient (Wildman–Crippen LogP) is 2.71. The molecule has 21 heavy (non-hydrogen) atoms. The molecule has 5 nitrogen and oxygen atoms in total. The van der Waals surface area contributed by atoms with Crippen molar-refractivity contribution >= 4 is 11.6 Å². The first-order chi connectivity index (χ1) is 9.79. The number of rotatable bonds is 3. The molecule has 2 aromatic rings. The van der Waals surface area contributed by atoms with Crippen molar-refractivity contribution in [2.75, 3.05) is 0 Å². The van der Waals surface area contributed by atoms with E-state index in [9.17, 15) is 14.7 Å². The van der Waals surface area contributed by atoms with Crippen LogP contribution in [0.5, 0.6) is 5.88 Å². The lowest BCUT2D eigenvalue weighted by molar-refractivity contribution is 0.277. The summed E-state index contributed by atoms with van der Waals surface area (Å²) in [6.45, 7) is 5.51. The number of aromatic amines is 1. The Morgan fingerprint density at radius 2 is 1.90 bits per heavy atom. The van der Waals surface area contributed by atoms with Gasteiger partial charge in [-0.15, -0.1) is 0 Å². The zero-order chi connectivity index (χ0) is 15.8. The number of aromatic nitrogens is 2. The fourth-order valence-corrected chi connectivity index (χ4v) is 2.38. The van der Waals surface area contributed by atoms with E-state index in [1.165, 1.54) is 4.57 Å². The van der Waals surface area contributed by atoms with Gasteiger partial charge in [0.15, 0.2) is 0 Å². The van der Waals surface area contributed by atoms with E-state index in [1.54, 1.807) is 24.3 Å². The quantitative estimate of drug-likeness (QED) is 0.915. The van der Waals surface area contributed by atoms with Gasteiger partial charge in [0.05, 0.1) is 0 Å². The maximum Gasteiger partial charge on any atom is 0.331 e. The summed E-state index contributed by atoms with van der Waals surface area (Å²) in [7, 11) is 0. The highest BCUT2D eigenvalue weighted by atomic mass is 35.5. The fraction of sp³-hybridized carbons (Fsp3) is 0.333. The second-order valence-electron chi connectivity index (χ2n) is 5.44. The molecule has 6 heteroatoms. The predicted molar refractivity (Wildman–Crippen MR) is 83.0 cm³/mol. The van der Waals surface area contributed by atoms with Crippen molar-refractivity contribution in [3.8, 4) is 17.0 Å². The monoisotopic (exact) mass is 308 g/mol. The lowest BCUT2D eigenvalue weighted by Crippen LogP contribution is -2.40. The molecule has 0 fully saturated rings. The van der Waals surface area contributed by atoms with Crippen molar-refractivity contribution in [1.82, 2.24) is 9.55 Å². The van der Waals surface area contributed by atoms with Crippen molar-refractivity contribution in [3.05, 3.63) is 50.1 Å². The Bertz CT molecular complexity index is 790. The molecule has 0 aliphatic rings. The Balaban J connectivity index is 2.87. The van der Waals surface area contributed by atoms with Gasteiger partial charge in [-0.05, 0) is 26.3 Å². The van der Waals surface area contributed by atoms with E-state index in [-0.39, 0.29) is 11.4 Å². The van der Waals surface area contributed by atoms with Gasteiger partial charge in [0, 0.05) is 16.1 Å². The Kier molecular flexibility index (Phi) is 3.96. The van der Waals surface area contributed by atoms with E-state index in [2.05, 4.69) is 4.98 Å². The Morgan fingerprint density at radius 3 is 2.48 bits per heavy atom. The van der Waals surface area contributed by atoms with Gasteiger partial charge < -0.3 is 5.11 Å². The van der Waals surface area contributed by atoms with Gasteiger partial charge in [0.2, 0.25) is 5.88 Å². The summed E-state index contributed by atoms with van der Waals surface area (Å²) in [6.07, 6.45) is 0.606. The van der Waals surface area contributed by atoms with Crippen molar-refractivity contribution < 1.29 is 5.11 Å². The molecule has 1 heterocycles. The largest absolute Gasteiger partial charge is 0.494 e. The van der Waals surface area contributed by atoms with Crippen LogP contribution < -0.4 is 11.2 Å². The molecule has 2 N–H and O–H groups in total. The molecular weight excluding hydrogens is 292 g/mol. The molecule has 112 valence electrons. The number of nitrogens with one attached hydrogen (secondary N) is 1. The molecule has 0 aliphatic heterocycles. The molecule has 0 spiro atoms. The van der Waals surface area contributed by atoms with Crippen LogP contribution in [0, 0.1) is 0 Å². The minimum atomic E-state index is -0.659. The summed E-state index contributed by atoms with van der Waals surface area (Å²) >= 11 is 6.09. The Morgan fingerprint density at radius 1 is 1.29 bits per heavy atom. The molecule has 0 aliphatic carbocycles. The second-order valence-corrected chi connectivity index (χ2v) is 5.85. The Labute approximate surface area is 126 Å². The van der Waals surface area contributed by atoms with Gasteiger partial charge in [-0.2, -0.15) is 0 Å². The molecular formula is C15H17ClN2O3. The third-order valence-corrected chi connectivity index (χ3v) is 4.03. The van der Waals surface area contributed by atoms with Gasteiger partial charge in [0.1, 0.15) is 5.56 Å². The van der Waals surface area contributed by atoms with Crippen LogP contribution in [0.15, 0.2) is 33.9 Å². The van der Waals surface area contributed by atoms with Crippen LogP contribution in [0.2, 0.25) is 5.02 Å². The van der Waals surface area contributed by atoms with Crippen molar-refractivity contribution in [1.29, 1.82) is 0 Å². The van der Waals surface area contributed by atoms with Crippen molar-refractivity contribution in [2.45, 2.75) is 32.7 Å². The average molecular weight is 309 g/mol. The third kappa shape index (κ3) is 2.61. The maximum absolute atomic E-state index is 12.1. The van der Waals surface area contributed by atoms with Crippen LogP contribution in [0.4, 0.5) is 0 Å². The van der Waals surface area contributed by atoms with Crippen LogP contribution in [0.3, 0.4) is 0 Å². The molecule has 0 saturated carbocycles. The lowest BCUT2D eigenvalue weighted by atomic mass is 10.0. The van der Waals surface area contributed by atoms with Crippen molar-refractivity contribution in [3.63, 3.8) is 0 Å². The highest BCUT2D eigenvalue weighted by Gasteiger charge is 2.26. The molecule has 0 unspecified atom stereocenters. The van der Waals surface area contributed by atoms with Crippen LogP contribution in [0.25, 0.3) is 11.1 Å². The number of halogens is 1. The number of hydrogen-bond acceptors (Lipinski definition) is 3. The Hall–Kier alpha value is -2.01. The van der Waals surface area contributed by atoms with E-state index in [0.29, 0.717) is 17.0 Å². The summed E-state index contributed by atoms with van der Waals surface area (Å²) in [5, 5.41) is 10.8. The first kappa shape index (κ1) is 15.4. The minimum absolute atomic E-state index is 0.00160. The number of hydrogen-bond donors (Lipinski definition) is 2. The van der Waals surface area contributed by atoms with E-state index >= 15 is 0 Å². The van der Waals surface area contributed by atoms with Crippen LogP contribution in [0.1, 0.15) is 27.2 Å². The molecule has 0 amide bonds. The normalized spacial score (nSPS) is 11.6. The molecule has 0 bridgehead atoms. The first-order valence-electron chi connectivity index (χ1n) is 6.63. The second kappa shape index (κ2) is 5.41. The smallest absolute Gasteiger partial charge is 0.331 e. The van der Waals surface area contributed by atoms with E-state index in [4.69, 9.17) is 11.6 Å². The molecule has 1 aromatic carbocycles. The van der Waals surface area contributed by atoms with Gasteiger partial charge in [-0.25, -0.2) is 4.79 Å². The molecule has 0 saturated heterocycles. The van der Waals surface area contributed by atoms with Gasteiger partial charge in [-0.1, -0.05) is 36.7 Å². The summed E-state index contributed by atoms with van der Waals surface area (Å²) in [6, 6.07) is 6.68. The van der Waals surface area contributed by atoms with Crippen LogP contribution >= 0.6 is 11.6 Å². The number of aromatic hydroxyl groups is 1. The van der Waals surface area contributed by atoms with Gasteiger partial charge >= 0.3 is 5.69 Å². The molecule has 1 aromatic heterocycles. The van der Waals surface area contributed by atoms with Crippen LogP contribution in [-0.2, 0) is 5.54 Å². The minimum Gasteiger partial charge on any atom is -0.494 e. The van der Waals surface area contributed by atoms with Gasteiger partial charge in [-0.3, -0.25) is 14.3 Å². The molecule has 0 radical (unpaired) electrons. The highest BCUT2D eigenvalue weighted by Crippen LogP contribution is 2.33. The van der Waals surface area contributed by atoms with E-state index in [1.807, 2.05) is 20.8 Å². The third-order valence-electron chi connectivity index (χ3n) is 3.70. The van der Waals surface area contributed by atoms with E-state index in [0.717, 1.165) is 0 Å². The fourth-order valence-electron chi connectivity index (χ4n) is 2.15. The van der Waals surface area contributed by atoms with Crippen molar-refractivity contribution in [2.24, 2.45) is 0 Å². The SMILES string of the molecule is CCC(C)(C)n1c(O)c(-c2ccccc2Cl)c(=O)[nH]c1=O. The van der Waals surface area contributed by atoms with Crippen LogP contribution in [-0.4, -0.2) is 14.7 Å². The zero-order valence-corrected chi connectivity index (χ0v) is 12.9. The number of nitrogens with zero attached hydrogens (tertiary/aromatic N) is 1. The van der Waals surface area contributed by atoms with Gasteiger partial charge in [0.25, 0.3) is 5.56 Å². The molecule has 2 rings (SSSR count). The zero-order valence-electron chi connectivity index (χ0n) is 12.1. The summed E-state index contributed by atoms with van der Waals surface area (Å²) in [5.41, 5.74) is -1.55. The summed E-state index contributed by atoms with van der Waals surface area (Å²) < 4.78 is 1.19. The average Bonchev–Trinajstić information content (AvgIpc) is 2.40. The highest BCUT2D eigenvalue weighted by molar-refractivity contribution is 6.33. The molecule has 0 atom stereocenters. The maximum atomic E-state index is 12.1. The number of H-pyrrole nitrogens is 1. The standard InChI is InChI=1S/C15H17ClN2O3/c1-4-15(2,3)18-13(20)11(12(19)17-14(18)21)9-7-5-6-8-10(9)16/h5-8,20H,4H2,1-3H3,(H,17,19,21). The number of benzene rings is 1. The van der Waals surface area contributed by atoms with E-state index < -0.39 is 16.8 Å². The lowest BCUT2D eigenvalue weighted by Gasteiger charge is -2.27. The summed E-state index contributed by atoms with van der Waals surface area (Å²) in [5.74, 6) is -0.372. The topological polar surface area (TPSA) is 75.1 Å². The first-order valence-corrected chi connectivity index (χ1v) is 7.01.